The van der Waals surface area contributed by atoms with Crippen molar-refractivity contribution in [1.82, 2.24) is 4.98 Å². The van der Waals surface area contributed by atoms with Crippen molar-refractivity contribution in [2.75, 3.05) is 20.8 Å². The number of oxime groups is 1. The van der Waals surface area contributed by atoms with E-state index in [1.54, 1.807) is 32.4 Å². The first kappa shape index (κ1) is 15.9. The van der Waals surface area contributed by atoms with E-state index in [0.29, 0.717) is 17.2 Å². The fraction of sp³-hybridized carbons (Fsp3) is 0.150. The lowest BCUT2D eigenvalue weighted by molar-refractivity contribution is 0.180. The van der Waals surface area contributed by atoms with Crippen LogP contribution in [-0.4, -0.2) is 36.6 Å². The zero-order valence-electron chi connectivity index (χ0n) is 14.3. The topological polar surface area (TPSA) is 76.1 Å². The highest BCUT2D eigenvalue weighted by molar-refractivity contribution is 6.31. The van der Waals surface area contributed by atoms with Gasteiger partial charge in [0, 0.05) is 28.1 Å². The van der Waals surface area contributed by atoms with Crippen LogP contribution in [-0.2, 0) is 4.84 Å². The molecule has 3 aromatic rings. The van der Waals surface area contributed by atoms with E-state index in [9.17, 15) is 5.11 Å². The number of fused-ring (bicyclic) bond motifs is 5. The number of terminal acetylenes is 1. The molecule has 0 radical (unpaired) electrons. The molecule has 4 rings (SSSR count). The van der Waals surface area contributed by atoms with E-state index in [-0.39, 0.29) is 12.4 Å². The summed E-state index contributed by atoms with van der Waals surface area (Å²) in [4.78, 5) is 8.66. The fourth-order valence-electron chi connectivity index (χ4n) is 3.29. The Hall–Kier alpha value is -3.59. The van der Waals surface area contributed by atoms with Gasteiger partial charge < -0.3 is 24.4 Å². The van der Waals surface area contributed by atoms with Gasteiger partial charge in [-0.3, -0.25) is 0 Å². The van der Waals surface area contributed by atoms with Gasteiger partial charge in [-0.1, -0.05) is 11.1 Å². The fourth-order valence-corrected chi connectivity index (χ4v) is 3.29. The Morgan fingerprint density at radius 2 is 2.00 bits per heavy atom. The quantitative estimate of drug-likeness (QED) is 0.337. The molecular weight excluding hydrogens is 332 g/mol. The molecule has 1 aliphatic carbocycles. The van der Waals surface area contributed by atoms with Crippen LogP contribution < -0.4 is 9.47 Å². The maximum atomic E-state index is 9.92. The summed E-state index contributed by atoms with van der Waals surface area (Å²) < 4.78 is 10.9. The minimum atomic E-state index is 0.0558. The lowest BCUT2D eigenvalue weighted by atomic mass is 10.0. The predicted molar refractivity (Wildman–Crippen MR) is 98.9 cm³/mol. The van der Waals surface area contributed by atoms with Crippen LogP contribution in [0.1, 0.15) is 11.1 Å². The normalized spacial score (nSPS) is 13.3. The summed E-state index contributed by atoms with van der Waals surface area (Å²) in [7, 11) is 3.19. The zero-order valence-corrected chi connectivity index (χ0v) is 14.3. The Labute approximate surface area is 150 Å². The third-order valence-corrected chi connectivity index (χ3v) is 4.36. The number of H-pyrrole nitrogens is 1. The first-order valence-corrected chi connectivity index (χ1v) is 7.93. The van der Waals surface area contributed by atoms with E-state index in [1.807, 2.05) is 12.1 Å². The minimum Gasteiger partial charge on any atom is -0.508 e. The molecule has 0 amide bonds. The number of ether oxygens (including phenoxy) is 2. The monoisotopic (exact) mass is 348 g/mol. The molecular formula is C20H16N2O4. The Morgan fingerprint density at radius 1 is 1.15 bits per heavy atom. The lowest BCUT2D eigenvalue weighted by Gasteiger charge is -2.11. The van der Waals surface area contributed by atoms with Crippen LogP contribution >= 0.6 is 0 Å². The number of phenolic OH excluding ortho intramolecular Hbond substituents is 1. The number of hydrogen-bond donors (Lipinski definition) is 2. The molecule has 26 heavy (non-hydrogen) atoms. The van der Waals surface area contributed by atoms with Crippen LogP contribution in [0.15, 0.2) is 35.5 Å². The van der Waals surface area contributed by atoms with E-state index in [0.717, 1.165) is 33.3 Å². The number of rotatable bonds is 4. The Bertz CT molecular complexity index is 1090. The molecule has 0 saturated carbocycles. The number of benzene rings is 2. The molecule has 6 heteroatoms. The lowest BCUT2D eigenvalue weighted by Crippen LogP contribution is -2.03. The van der Waals surface area contributed by atoms with E-state index < -0.39 is 0 Å². The van der Waals surface area contributed by atoms with Gasteiger partial charge in [0.15, 0.2) is 6.61 Å². The van der Waals surface area contributed by atoms with E-state index in [1.165, 1.54) is 0 Å². The number of methoxy groups -OCH3 is 2. The maximum absolute atomic E-state index is 9.92. The Balaban J connectivity index is 2.05. The maximum Gasteiger partial charge on any atom is 0.177 e. The van der Waals surface area contributed by atoms with Crippen molar-refractivity contribution < 1.29 is 19.4 Å². The summed E-state index contributed by atoms with van der Waals surface area (Å²) in [6.07, 6.45) is 5.26. The highest BCUT2D eigenvalue weighted by Crippen LogP contribution is 2.46. The van der Waals surface area contributed by atoms with Gasteiger partial charge in [-0.25, -0.2) is 0 Å². The molecule has 1 heterocycles. The molecule has 1 aliphatic rings. The van der Waals surface area contributed by atoms with E-state index >= 15 is 0 Å². The van der Waals surface area contributed by atoms with Crippen LogP contribution in [0.5, 0.6) is 17.2 Å². The van der Waals surface area contributed by atoms with E-state index in [4.69, 9.17) is 20.7 Å². The first-order chi connectivity index (χ1) is 12.7. The van der Waals surface area contributed by atoms with Crippen molar-refractivity contribution in [2.45, 2.75) is 0 Å². The van der Waals surface area contributed by atoms with Crippen molar-refractivity contribution in [3.05, 3.63) is 41.5 Å². The number of aromatic hydroxyl groups is 1. The van der Waals surface area contributed by atoms with Gasteiger partial charge in [0.25, 0.3) is 0 Å². The van der Waals surface area contributed by atoms with Crippen LogP contribution in [0, 0.1) is 12.3 Å². The highest BCUT2D eigenvalue weighted by atomic mass is 16.6. The molecule has 2 N–H and O–H groups in total. The molecule has 0 spiro atoms. The molecule has 0 bridgehead atoms. The summed E-state index contributed by atoms with van der Waals surface area (Å²) in [5, 5.41) is 15.0. The van der Waals surface area contributed by atoms with Crippen molar-refractivity contribution >= 4 is 16.6 Å². The second-order valence-electron chi connectivity index (χ2n) is 5.77. The largest absolute Gasteiger partial charge is 0.508 e. The summed E-state index contributed by atoms with van der Waals surface area (Å²) in [5.41, 5.74) is 4.84. The highest BCUT2D eigenvalue weighted by Gasteiger charge is 2.33. The third kappa shape index (κ3) is 2.25. The van der Waals surface area contributed by atoms with Gasteiger partial charge in [0.2, 0.25) is 0 Å². The second kappa shape index (κ2) is 6.05. The van der Waals surface area contributed by atoms with Crippen LogP contribution in [0.3, 0.4) is 0 Å². The average Bonchev–Trinajstić information content (AvgIpc) is 3.16. The molecule has 0 aliphatic heterocycles. The Kier molecular flexibility index (Phi) is 3.70. The first-order valence-electron chi connectivity index (χ1n) is 7.93. The number of aromatic nitrogens is 1. The predicted octanol–water partition coefficient (Wildman–Crippen LogP) is 3.27. The molecule has 2 aromatic carbocycles. The SMILES string of the molecule is C#CCON=C1c2c(OC)cc(OC)cc2-c2[nH]c3ccc(O)cc3c21. The van der Waals surface area contributed by atoms with Gasteiger partial charge in [0.1, 0.15) is 23.0 Å². The number of phenols is 1. The van der Waals surface area contributed by atoms with Crippen molar-refractivity contribution in [3.8, 4) is 40.8 Å². The number of hydrogen-bond acceptors (Lipinski definition) is 5. The smallest absolute Gasteiger partial charge is 0.177 e. The van der Waals surface area contributed by atoms with Crippen molar-refractivity contribution in [1.29, 1.82) is 0 Å². The number of nitrogens with one attached hydrogen (secondary N) is 1. The standard InChI is InChI=1S/C20H16N2O4/c1-4-7-26-22-20-17-14(9-12(24-2)10-16(17)25-3)19-18(20)13-8-11(23)5-6-15(13)21-19/h1,5-6,8-10,21,23H,7H2,2-3H3. The molecule has 0 unspecified atom stereocenters. The molecule has 0 fully saturated rings. The summed E-state index contributed by atoms with van der Waals surface area (Å²) >= 11 is 0. The summed E-state index contributed by atoms with van der Waals surface area (Å²) in [6, 6.07) is 8.85. The minimum absolute atomic E-state index is 0.0558. The molecule has 130 valence electrons. The summed E-state index contributed by atoms with van der Waals surface area (Å²) in [5.74, 6) is 3.85. The van der Waals surface area contributed by atoms with E-state index in [2.05, 4.69) is 16.1 Å². The van der Waals surface area contributed by atoms with Crippen molar-refractivity contribution in [2.24, 2.45) is 5.16 Å². The molecule has 0 saturated heterocycles. The second-order valence-corrected chi connectivity index (χ2v) is 5.77. The molecule has 6 nitrogen and oxygen atoms in total. The van der Waals surface area contributed by atoms with Gasteiger partial charge in [-0.05, 0) is 24.3 Å². The number of aromatic amines is 1. The number of nitrogens with zero attached hydrogens (tertiary/aromatic N) is 1. The van der Waals surface area contributed by atoms with Crippen molar-refractivity contribution in [3.63, 3.8) is 0 Å². The van der Waals surface area contributed by atoms with Gasteiger partial charge in [-0.2, -0.15) is 0 Å². The van der Waals surface area contributed by atoms with Gasteiger partial charge >= 0.3 is 0 Å². The van der Waals surface area contributed by atoms with Gasteiger partial charge in [0.05, 0.1) is 25.5 Å². The van der Waals surface area contributed by atoms with Crippen LogP contribution in [0.2, 0.25) is 0 Å². The Morgan fingerprint density at radius 3 is 2.73 bits per heavy atom. The average molecular weight is 348 g/mol. The van der Waals surface area contributed by atoms with Gasteiger partial charge in [-0.15, -0.1) is 6.42 Å². The zero-order chi connectivity index (χ0) is 18.3. The van der Waals surface area contributed by atoms with Crippen LogP contribution in [0.4, 0.5) is 0 Å². The molecule has 1 aromatic heterocycles. The van der Waals surface area contributed by atoms with Crippen LogP contribution in [0.25, 0.3) is 22.2 Å². The summed E-state index contributed by atoms with van der Waals surface area (Å²) in [6.45, 7) is 0.0558. The molecule has 0 atom stereocenters. The third-order valence-electron chi connectivity index (χ3n) is 4.36.